The quantitative estimate of drug-likeness (QED) is 0.489. The molecule has 0 aliphatic carbocycles. The lowest BCUT2D eigenvalue weighted by Crippen LogP contribution is -2.36. The molecule has 1 saturated heterocycles. The molecule has 0 atom stereocenters. The van der Waals surface area contributed by atoms with Crippen LogP contribution in [-0.2, 0) is 4.74 Å². The normalized spacial score (nSPS) is 13.8. The predicted octanol–water partition coefficient (Wildman–Crippen LogP) is 4.12. The number of benzene rings is 2. The third kappa shape index (κ3) is 4.32. The second kappa shape index (κ2) is 8.60. The van der Waals surface area contributed by atoms with E-state index >= 15 is 0 Å². The fourth-order valence-electron chi connectivity index (χ4n) is 3.31. The van der Waals surface area contributed by atoms with Crippen molar-refractivity contribution in [1.29, 1.82) is 0 Å². The average Bonchev–Trinajstić information content (AvgIpc) is 3.20. The smallest absolute Gasteiger partial charge is 0.293 e. The van der Waals surface area contributed by atoms with E-state index in [-0.39, 0.29) is 11.3 Å². The number of hydrogen-bond donors (Lipinski definition) is 1. The molecule has 1 aromatic heterocycles. The number of nitrogens with one attached hydrogen (secondary N) is 1. The standard InChI is InChI=1S/C21H20N4O4S/c1-14-22-18(13-30-14)15-2-5-17(6-3-15)23-21(26)16-4-7-19(20(12-16)25(27)28)24-8-10-29-11-9-24/h2-7,12-13H,8-11H2,1H3,(H,23,26). The van der Waals surface area contributed by atoms with Crippen LogP contribution < -0.4 is 10.2 Å². The van der Waals surface area contributed by atoms with Gasteiger partial charge in [-0.1, -0.05) is 12.1 Å². The Morgan fingerprint density at radius 2 is 1.93 bits per heavy atom. The molecule has 1 amide bonds. The molecule has 1 aliphatic rings. The van der Waals surface area contributed by atoms with Gasteiger partial charge in [-0.2, -0.15) is 0 Å². The van der Waals surface area contributed by atoms with Gasteiger partial charge in [0.2, 0.25) is 0 Å². The number of aryl methyl sites for hydroxylation is 1. The van der Waals surface area contributed by atoms with Crippen LogP contribution in [0.2, 0.25) is 0 Å². The van der Waals surface area contributed by atoms with E-state index in [0.29, 0.717) is 37.7 Å². The summed E-state index contributed by atoms with van der Waals surface area (Å²) in [6.07, 6.45) is 0. The molecule has 9 heteroatoms. The first-order valence-corrected chi connectivity index (χ1v) is 10.3. The van der Waals surface area contributed by atoms with Crippen molar-refractivity contribution in [2.45, 2.75) is 6.92 Å². The summed E-state index contributed by atoms with van der Waals surface area (Å²) in [6.45, 7) is 4.16. The highest BCUT2D eigenvalue weighted by molar-refractivity contribution is 7.09. The number of morpholine rings is 1. The van der Waals surface area contributed by atoms with Crippen LogP contribution in [0.3, 0.4) is 0 Å². The number of thiazole rings is 1. The molecule has 8 nitrogen and oxygen atoms in total. The minimum Gasteiger partial charge on any atom is -0.378 e. The van der Waals surface area contributed by atoms with Crippen molar-refractivity contribution < 1.29 is 14.5 Å². The summed E-state index contributed by atoms with van der Waals surface area (Å²) in [4.78, 5) is 30.1. The van der Waals surface area contributed by atoms with E-state index in [1.165, 1.54) is 6.07 Å². The second-order valence-corrected chi connectivity index (χ2v) is 7.91. The van der Waals surface area contributed by atoms with Crippen molar-refractivity contribution in [2.75, 3.05) is 36.5 Å². The number of rotatable bonds is 5. The molecule has 1 aliphatic heterocycles. The highest BCUT2D eigenvalue weighted by Crippen LogP contribution is 2.30. The van der Waals surface area contributed by atoms with Gasteiger partial charge in [-0.25, -0.2) is 4.98 Å². The molecule has 3 aromatic rings. The van der Waals surface area contributed by atoms with E-state index in [0.717, 1.165) is 16.3 Å². The first-order chi connectivity index (χ1) is 14.5. The van der Waals surface area contributed by atoms with Gasteiger partial charge in [-0.15, -0.1) is 11.3 Å². The molecule has 0 radical (unpaired) electrons. The Kier molecular flexibility index (Phi) is 5.73. The second-order valence-electron chi connectivity index (χ2n) is 6.84. The Hall–Kier alpha value is -3.30. The molecule has 2 aromatic carbocycles. The summed E-state index contributed by atoms with van der Waals surface area (Å²) in [7, 11) is 0. The monoisotopic (exact) mass is 424 g/mol. The maximum atomic E-state index is 12.7. The van der Waals surface area contributed by atoms with Crippen LogP contribution in [0.5, 0.6) is 0 Å². The summed E-state index contributed by atoms with van der Waals surface area (Å²) in [5, 5.41) is 17.4. The molecular formula is C21H20N4O4S. The van der Waals surface area contributed by atoms with Crippen LogP contribution in [-0.4, -0.2) is 42.1 Å². The average molecular weight is 424 g/mol. The first-order valence-electron chi connectivity index (χ1n) is 9.46. The predicted molar refractivity (Wildman–Crippen MR) is 116 cm³/mol. The van der Waals surface area contributed by atoms with E-state index in [1.807, 2.05) is 29.3 Å². The van der Waals surface area contributed by atoms with E-state index < -0.39 is 10.8 Å². The summed E-state index contributed by atoms with van der Waals surface area (Å²) in [5.41, 5.74) is 3.11. The summed E-state index contributed by atoms with van der Waals surface area (Å²) in [5.74, 6) is -0.399. The van der Waals surface area contributed by atoms with Crippen LogP contribution in [0.1, 0.15) is 15.4 Å². The topological polar surface area (TPSA) is 97.6 Å². The van der Waals surface area contributed by atoms with Crippen molar-refractivity contribution in [3.63, 3.8) is 0 Å². The molecule has 1 N–H and O–H groups in total. The summed E-state index contributed by atoms with van der Waals surface area (Å²) < 4.78 is 5.31. The van der Waals surface area contributed by atoms with Crippen LogP contribution in [0.4, 0.5) is 17.1 Å². The zero-order chi connectivity index (χ0) is 21.1. The zero-order valence-corrected chi connectivity index (χ0v) is 17.1. The number of hydrogen-bond acceptors (Lipinski definition) is 7. The number of nitrogens with zero attached hydrogens (tertiary/aromatic N) is 3. The minimum atomic E-state index is -0.452. The van der Waals surface area contributed by atoms with E-state index in [9.17, 15) is 14.9 Å². The molecule has 1 fully saturated rings. The van der Waals surface area contributed by atoms with Crippen LogP contribution in [0, 0.1) is 17.0 Å². The van der Waals surface area contributed by atoms with Crippen molar-refractivity contribution in [1.82, 2.24) is 4.98 Å². The zero-order valence-electron chi connectivity index (χ0n) is 16.3. The van der Waals surface area contributed by atoms with Gasteiger partial charge in [0, 0.05) is 41.4 Å². The lowest BCUT2D eigenvalue weighted by Gasteiger charge is -2.28. The summed E-state index contributed by atoms with van der Waals surface area (Å²) in [6, 6.07) is 11.9. The lowest BCUT2D eigenvalue weighted by atomic mass is 10.1. The Morgan fingerprint density at radius 1 is 1.20 bits per heavy atom. The van der Waals surface area contributed by atoms with Gasteiger partial charge in [0.05, 0.1) is 28.8 Å². The first kappa shape index (κ1) is 20.0. The number of ether oxygens (including phenoxy) is 1. The number of carbonyl (C=O) groups excluding carboxylic acids is 1. The van der Waals surface area contributed by atoms with Gasteiger partial charge in [0.15, 0.2) is 0 Å². The highest BCUT2D eigenvalue weighted by atomic mass is 32.1. The maximum Gasteiger partial charge on any atom is 0.293 e. The molecule has 0 bridgehead atoms. The largest absolute Gasteiger partial charge is 0.378 e. The minimum absolute atomic E-state index is 0.0844. The van der Waals surface area contributed by atoms with E-state index in [4.69, 9.17) is 4.74 Å². The SMILES string of the molecule is Cc1nc(-c2ccc(NC(=O)c3ccc(N4CCOCC4)c([N+](=O)[O-])c3)cc2)cs1. The molecule has 0 spiro atoms. The van der Waals surface area contributed by atoms with Gasteiger partial charge in [0.1, 0.15) is 5.69 Å². The highest BCUT2D eigenvalue weighted by Gasteiger charge is 2.23. The Morgan fingerprint density at radius 3 is 2.57 bits per heavy atom. The fraction of sp³-hybridized carbons (Fsp3) is 0.238. The Balaban J connectivity index is 1.51. The van der Waals surface area contributed by atoms with Crippen molar-refractivity contribution in [2.24, 2.45) is 0 Å². The van der Waals surface area contributed by atoms with Crippen LogP contribution >= 0.6 is 11.3 Å². The Labute approximate surface area is 177 Å². The van der Waals surface area contributed by atoms with Gasteiger partial charge in [0.25, 0.3) is 11.6 Å². The van der Waals surface area contributed by atoms with Crippen LogP contribution in [0.25, 0.3) is 11.3 Å². The van der Waals surface area contributed by atoms with Gasteiger partial charge < -0.3 is 15.0 Å². The fourth-order valence-corrected chi connectivity index (χ4v) is 3.93. The Bertz CT molecular complexity index is 1070. The lowest BCUT2D eigenvalue weighted by molar-refractivity contribution is -0.384. The van der Waals surface area contributed by atoms with Crippen molar-refractivity contribution in [3.8, 4) is 11.3 Å². The summed E-state index contributed by atoms with van der Waals surface area (Å²) >= 11 is 1.58. The third-order valence-corrected chi connectivity index (χ3v) is 5.62. The van der Waals surface area contributed by atoms with Gasteiger partial charge in [-0.3, -0.25) is 14.9 Å². The van der Waals surface area contributed by atoms with Crippen molar-refractivity contribution >= 4 is 34.3 Å². The number of nitro benzene ring substituents is 1. The molecule has 0 unspecified atom stereocenters. The molecular weight excluding hydrogens is 404 g/mol. The number of nitro groups is 1. The molecule has 154 valence electrons. The number of amides is 1. The van der Waals surface area contributed by atoms with E-state index in [1.54, 1.807) is 35.6 Å². The van der Waals surface area contributed by atoms with Gasteiger partial charge in [-0.05, 0) is 31.2 Å². The molecule has 30 heavy (non-hydrogen) atoms. The number of aromatic nitrogens is 1. The molecule has 4 rings (SSSR count). The van der Waals surface area contributed by atoms with Crippen molar-refractivity contribution in [3.05, 3.63) is 68.5 Å². The molecule has 2 heterocycles. The maximum absolute atomic E-state index is 12.7. The van der Waals surface area contributed by atoms with Crippen LogP contribution in [0.15, 0.2) is 47.8 Å². The van der Waals surface area contributed by atoms with Gasteiger partial charge >= 0.3 is 0 Å². The van der Waals surface area contributed by atoms with E-state index in [2.05, 4.69) is 10.3 Å². The number of anilines is 2. The molecule has 0 saturated carbocycles. The third-order valence-electron chi connectivity index (χ3n) is 4.84. The number of carbonyl (C=O) groups is 1.